The smallest absolute Gasteiger partial charge is 0.323 e. The Labute approximate surface area is 167 Å². The number of nitrogens with zero attached hydrogens (tertiary/aromatic N) is 2. The summed E-state index contributed by atoms with van der Waals surface area (Å²) in [7, 11) is 0. The first-order valence-electron chi connectivity index (χ1n) is 9.72. The number of fused-ring (bicyclic) bond motifs is 1. The van der Waals surface area contributed by atoms with Crippen molar-refractivity contribution in [3.63, 3.8) is 0 Å². The van der Waals surface area contributed by atoms with Crippen LogP contribution in [0.1, 0.15) is 12.5 Å². The molecule has 2 heterocycles. The topological polar surface area (TPSA) is 84.2 Å². The third-order valence-corrected chi connectivity index (χ3v) is 5.47. The van der Waals surface area contributed by atoms with Gasteiger partial charge in [-0.1, -0.05) is 18.2 Å². The molecule has 1 atom stereocenters. The van der Waals surface area contributed by atoms with Crippen molar-refractivity contribution in [2.45, 2.75) is 19.5 Å². The van der Waals surface area contributed by atoms with Crippen LogP contribution in [0.4, 0.5) is 10.1 Å². The van der Waals surface area contributed by atoms with Gasteiger partial charge in [0.15, 0.2) is 0 Å². The van der Waals surface area contributed by atoms with E-state index in [1.54, 1.807) is 24.3 Å². The molecule has 7 nitrogen and oxygen atoms in total. The van der Waals surface area contributed by atoms with Crippen LogP contribution in [0.3, 0.4) is 0 Å². The molecule has 152 valence electrons. The van der Waals surface area contributed by atoms with E-state index in [4.69, 9.17) is 0 Å². The number of carbonyl (C=O) groups is 1. The van der Waals surface area contributed by atoms with Gasteiger partial charge in [0, 0.05) is 44.0 Å². The zero-order valence-corrected chi connectivity index (χ0v) is 16.2. The molecule has 4 rings (SSSR count). The summed E-state index contributed by atoms with van der Waals surface area (Å²) in [5.74, 6) is -0.270. The van der Waals surface area contributed by atoms with E-state index in [1.807, 2.05) is 19.1 Å². The number of amides is 1. The van der Waals surface area contributed by atoms with Gasteiger partial charge in [0.1, 0.15) is 5.82 Å². The van der Waals surface area contributed by atoms with E-state index < -0.39 is 0 Å². The number of aromatic amines is 2. The van der Waals surface area contributed by atoms with Crippen LogP contribution in [0.2, 0.25) is 0 Å². The summed E-state index contributed by atoms with van der Waals surface area (Å²) in [5, 5.41) is 2.92. The van der Waals surface area contributed by atoms with Crippen molar-refractivity contribution in [1.82, 2.24) is 19.8 Å². The predicted octanol–water partition coefficient (Wildman–Crippen LogP) is 2.14. The SMILES string of the molecule is CC(C(=O)Nc1ccc2[nH]c(=O)[nH]c2c1)N1CCN(Cc2ccccc2F)CC1. The fourth-order valence-electron chi connectivity index (χ4n) is 3.70. The number of carbonyl (C=O) groups excluding carboxylic acids is 1. The number of hydrogen-bond acceptors (Lipinski definition) is 4. The summed E-state index contributed by atoms with van der Waals surface area (Å²) in [4.78, 5) is 33.7. The molecule has 2 aromatic carbocycles. The molecule has 1 aliphatic rings. The maximum atomic E-state index is 13.8. The van der Waals surface area contributed by atoms with Crippen molar-refractivity contribution in [1.29, 1.82) is 0 Å². The minimum Gasteiger partial charge on any atom is -0.325 e. The van der Waals surface area contributed by atoms with E-state index in [2.05, 4.69) is 25.1 Å². The van der Waals surface area contributed by atoms with Gasteiger partial charge >= 0.3 is 5.69 Å². The first-order chi connectivity index (χ1) is 14.0. The van der Waals surface area contributed by atoms with Crippen LogP contribution < -0.4 is 11.0 Å². The Kier molecular flexibility index (Phi) is 5.46. The molecule has 3 aromatic rings. The number of rotatable bonds is 5. The zero-order valence-electron chi connectivity index (χ0n) is 16.2. The van der Waals surface area contributed by atoms with E-state index >= 15 is 0 Å². The van der Waals surface area contributed by atoms with Crippen molar-refractivity contribution in [2.24, 2.45) is 0 Å². The van der Waals surface area contributed by atoms with Crippen LogP contribution in [0, 0.1) is 5.82 Å². The highest BCUT2D eigenvalue weighted by atomic mass is 19.1. The largest absolute Gasteiger partial charge is 0.325 e. The second-order valence-electron chi connectivity index (χ2n) is 7.41. The summed E-state index contributed by atoms with van der Waals surface area (Å²) in [5.41, 5.74) is 2.42. The Hall–Kier alpha value is -2.97. The molecule has 0 aliphatic carbocycles. The monoisotopic (exact) mass is 397 g/mol. The average Bonchev–Trinajstić information content (AvgIpc) is 3.09. The molecule has 1 saturated heterocycles. The van der Waals surface area contributed by atoms with Crippen molar-refractivity contribution < 1.29 is 9.18 Å². The normalized spacial score (nSPS) is 16.8. The molecular formula is C21H24FN5O2. The lowest BCUT2D eigenvalue weighted by Crippen LogP contribution is -2.52. The highest BCUT2D eigenvalue weighted by molar-refractivity contribution is 5.96. The molecule has 8 heteroatoms. The fraction of sp³-hybridized carbons (Fsp3) is 0.333. The second-order valence-corrected chi connectivity index (χ2v) is 7.41. The maximum Gasteiger partial charge on any atom is 0.323 e. The van der Waals surface area contributed by atoms with Gasteiger partial charge in [0.2, 0.25) is 5.91 Å². The fourth-order valence-corrected chi connectivity index (χ4v) is 3.70. The number of benzene rings is 2. The first kappa shape index (κ1) is 19.4. The second kappa shape index (κ2) is 8.18. The van der Waals surface area contributed by atoms with Gasteiger partial charge in [-0.05, 0) is 31.2 Å². The summed E-state index contributed by atoms with van der Waals surface area (Å²) in [6.45, 7) is 5.51. The van der Waals surface area contributed by atoms with Crippen molar-refractivity contribution in [3.8, 4) is 0 Å². The van der Waals surface area contributed by atoms with Crippen LogP contribution in [-0.2, 0) is 11.3 Å². The van der Waals surface area contributed by atoms with Gasteiger partial charge in [-0.3, -0.25) is 14.6 Å². The molecule has 29 heavy (non-hydrogen) atoms. The lowest BCUT2D eigenvalue weighted by molar-refractivity contribution is -0.121. The van der Waals surface area contributed by atoms with E-state index in [-0.39, 0.29) is 23.5 Å². The maximum absolute atomic E-state index is 13.8. The predicted molar refractivity (Wildman–Crippen MR) is 110 cm³/mol. The van der Waals surface area contributed by atoms with E-state index in [9.17, 15) is 14.0 Å². The molecule has 0 saturated carbocycles. The molecule has 0 radical (unpaired) electrons. The Morgan fingerprint density at radius 1 is 1.10 bits per heavy atom. The van der Waals surface area contributed by atoms with Crippen molar-refractivity contribution in [2.75, 3.05) is 31.5 Å². The minimum absolute atomic E-state index is 0.0928. The number of imidazole rings is 1. The molecule has 1 aromatic heterocycles. The molecule has 1 aliphatic heterocycles. The highest BCUT2D eigenvalue weighted by Crippen LogP contribution is 2.17. The van der Waals surface area contributed by atoms with E-state index in [0.29, 0.717) is 28.8 Å². The lowest BCUT2D eigenvalue weighted by Gasteiger charge is -2.37. The van der Waals surface area contributed by atoms with Gasteiger partial charge in [0.25, 0.3) is 0 Å². The zero-order chi connectivity index (χ0) is 20.4. The Bertz CT molecular complexity index is 1070. The number of nitrogens with one attached hydrogen (secondary N) is 3. The number of H-pyrrole nitrogens is 2. The van der Waals surface area contributed by atoms with Gasteiger partial charge in [-0.25, -0.2) is 9.18 Å². The molecule has 1 unspecified atom stereocenters. The molecular weight excluding hydrogens is 373 g/mol. The lowest BCUT2D eigenvalue weighted by atomic mass is 10.1. The third kappa shape index (κ3) is 4.38. The van der Waals surface area contributed by atoms with Crippen LogP contribution in [0.25, 0.3) is 11.0 Å². The number of halogens is 1. The number of anilines is 1. The molecule has 1 amide bonds. The summed E-state index contributed by atoms with van der Waals surface area (Å²) < 4.78 is 13.8. The first-order valence-corrected chi connectivity index (χ1v) is 9.72. The summed E-state index contributed by atoms with van der Waals surface area (Å²) in [6, 6.07) is 11.8. The minimum atomic E-state index is -0.286. The van der Waals surface area contributed by atoms with Crippen LogP contribution in [-0.4, -0.2) is 57.9 Å². The standard InChI is InChI=1S/C21H24FN5O2/c1-14(20(28)23-16-6-7-18-19(12-16)25-21(29)24-18)27-10-8-26(9-11-27)13-15-4-2-3-5-17(15)22/h2-7,12,14H,8-11,13H2,1H3,(H,23,28)(H2,24,25,29). The molecule has 1 fully saturated rings. The quantitative estimate of drug-likeness (QED) is 0.616. The van der Waals surface area contributed by atoms with Crippen LogP contribution in [0.5, 0.6) is 0 Å². The Morgan fingerprint density at radius 2 is 1.83 bits per heavy atom. The van der Waals surface area contributed by atoms with Crippen LogP contribution in [0.15, 0.2) is 47.3 Å². The molecule has 3 N–H and O–H groups in total. The van der Waals surface area contributed by atoms with Gasteiger partial charge < -0.3 is 15.3 Å². The highest BCUT2D eigenvalue weighted by Gasteiger charge is 2.26. The molecule has 0 bridgehead atoms. The van der Waals surface area contributed by atoms with Crippen molar-refractivity contribution in [3.05, 3.63) is 64.3 Å². The average molecular weight is 397 g/mol. The summed E-state index contributed by atoms with van der Waals surface area (Å²) in [6.07, 6.45) is 0. The van der Waals surface area contributed by atoms with Gasteiger partial charge in [0.05, 0.1) is 17.1 Å². The Balaban J connectivity index is 1.32. The number of aromatic nitrogens is 2. The van der Waals surface area contributed by atoms with Gasteiger partial charge in [-0.2, -0.15) is 0 Å². The van der Waals surface area contributed by atoms with Gasteiger partial charge in [-0.15, -0.1) is 0 Å². The van der Waals surface area contributed by atoms with Crippen molar-refractivity contribution >= 4 is 22.6 Å². The van der Waals surface area contributed by atoms with Crippen LogP contribution >= 0.6 is 0 Å². The Morgan fingerprint density at radius 3 is 2.59 bits per heavy atom. The number of hydrogen-bond donors (Lipinski definition) is 3. The molecule has 0 spiro atoms. The number of piperazine rings is 1. The van der Waals surface area contributed by atoms with E-state index in [1.165, 1.54) is 6.07 Å². The summed E-state index contributed by atoms with van der Waals surface area (Å²) >= 11 is 0. The van der Waals surface area contributed by atoms with E-state index in [0.717, 1.165) is 26.2 Å². The third-order valence-electron chi connectivity index (χ3n) is 5.47.